The van der Waals surface area contributed by atoms with Gasteiger partial charge in [-0.15, -0.1) is 0 Å². The summed E-state index contributed by atoms with van der Waals surface area (Å²) in [5.41, 5.74) is 1.08. The van der Waals surface area contributed by atoms with Gasteiger partial charge in [0.25, 0.3) is 0 Å². The molecule has 0 spiro atoms. The Bertz CT molecular complexity index is 394. The lowest BCUT2D eigenvalue weighted by atomic mass is 9.87. The molecule has 1 saturated heterocycles. The maximum atomic E-state index is 6.20. The van der Waals surface area contributed by atoms with Gasteiger partial charge in [0.15, 0.2) is 0 Å². The maximum Gasteiger partial charge on any atom is 0.119 e. The number of benzene rings is 1. The molecule has 3 heteroatoms. The van der Waals surface area contributed by atoms with Crippen LogP contribution in [0, 0.1) is 0 Å². The maximum absolute atomic E-state index is 6.20. The van der Waals surface area contributed by atoms with E-state index in [2.05, 4.69) is 31.0 Å². The molecule has 0 bridgehead atoms. The van der Waals surface area contributed by atoms with E-state index in [-0.39, 0.29) is 5.60 Å². The molecule has 1 fully saturated rings. The summed E-state index contributed by atoms with van der Waals surface area (Å²) in [5, 5.41) is 0. The summed E-state index contributed by atoms with van der Waals surface area (Å²) in [4.78, 5) is 2.33. The van der Waals surface area contributed by atoms with Crippen molar-refractivity contribution < 1.29 is 9.47 Å². The van der Waals surface area contributed by atoms with Gasteiger partial charge in [0.05, 0.1) is 19.3 Å². The smallest absolute Gasteiger partial charge is 0.119 e. The molecule has 1 heterocycles. The predicted octanol–water partition coefficient (Wildman–Crippen LogP) is 2.65. The van der Waals surface area contributed by atoms with Gasteiger partial charge >= 0.3 is 0 Å². The van der Waals surface area contributed by atoms with Gasteiger partial charge in [0.1, 0.15) is 5.75 Å². The Morgan fingerprint density at radius 2 is 2.22 bits per heavy atom. The minimum atomic E-state index is -0.153. The quantitative estimate of drug-likeness (QED) is 0.822. The first-order valence-corrected chi connectivity index (χ1v) is 6.67. The van der Waals surface area contributed by atoms with Gasteiger partial charge in [0, 0.05) is 13.1 Å². The van der Waals surface area contributed by atoms with Crippen molar-refractivity contribution in [2.24, 2.45) is 0 Å². The van der Waals surface area contributed by atoms with Gasteiger partial charge in [-0.3, -0.25) is 0 Å². The fraction of sp³-hybridized carbons (Fsp3) is 0.600. The van der Waals surface area contributed by atoms with Crippen LogP contribution in [0.1, 0.15) is 25.3 Å². The van der Waals surface area contributed by atoms with Crippen LogP contribution in [-0.4, -0.2) is 38.8 Å². The van der Waals surface area contributed by atoms with Crippen molar-refractivity contribution >= 4 is 0 Å². The standard InChI is InChI=1S/C15H23NO2/c1-4-15(8-9-16(2)10-11-18-15)13-6-5-7-14(12-13)17-3/h5-7,12H,4,8-11H2,1-3H3. The molecule has 1 aromatic carbocycles. The SMILES string of the molecule is CCC1(c2cccc(OC)c2)CCN(C)CCO1. The average Bonchev–Trinajstić information content (AvgIpc) is 2.61. The highest BCUT2D eigenvalue weighted by Crippen LogP contribution is 2.36. The monoisotopic (exact) mass is 249 g/mol. The Balaban J connectivity index is 2.29. The molecule has 0 saturated carbocycles. The number of rotatable bonds is 3. The molecule has 0 N–H and O–H groups in total. The van der Waals surface area contributed by atoms with Gasteiger partial charge in [-0.25, -0.2) is 0 Å². The van der Waals surface area contributed by atoms with E-state index >= 15 is 0 Å². The number of likely N-dealkylation sites (N-methyl/N-ethyl adjacent to an activating group) is 1. The first kappa shape index (κ1) is 13.4. The molecule has 1 aliphatic rings. The second-order valence-electron chi connectivity index (χ2n) is 4.98. The van der Waals surface area contributed by atoms with Crippen LogP contribution in [0.25, 0.3) is 0 Å². The second kappa shape index (κ2) is 5.72. The van der Waals surface area contributed by atoms with Crippen molar-refractivity contribution in [3.63, 3.8) is 0 Å². The van der Waals surface area contributed by atoms with Crippen molar-refractivity contribution in [2.45, 2.75) is 25.4 Å². The van der Waals surface area contributed by atoms with E-state index in [1.165, 1.54) is 5.56 Å². The van der Waals surface area contributed by atoms with Crippen LogP contribution in [0.15, 0.2) is 24.3 Å². The largest absolute Gasteiger partial charge is 0.497 e. The Labute approximate surface area is 110 Å². The second-order valence-corrected chi connectivity index (χ2v) is 4.98. The molecule has 1 unspecified atom stereocenters. The number of hydrogen-bond acceptors (Lipinski definition) is 3. The zero-order valence-corrected chi connectivity index (χ0v) is 11.6. The van der Waals surface area contributed by atoms with Crippen molar-refractivity contribution in [1.29, 1.82) is 0 Å². The molecule has 100 valence electrons. The van der Waals surface area contributed by atoms with Crippen LogP contribution in [0.5, 0.6) is 5.75 Å². The third kappa shape index (κ3) is 2.68. The molecule has 0 aliphatic carbocycles. The number of nitrogens with zero attached hydrogens (tertiary/aromatic N) is 1. The third-order valence-electron chi connectivity index (χ3n) is 3.92. The molecule has 3 nitrogen and oxygen atoms in total. The highest BCUT2D eigenvalue weighted by molar-refractivity contribution is 5.32. The Hall–Kier alpha value is -1.06. The lowest BCUT2D eigenvalue weighted by molar-refractivity contribution is -0.0464. The van der Waals surface area contributed by atoms with E-state index < -0.39 is 0 Å². The van der Waals surface area contributed by atoms with Gasteiger partial charge in [-0.2, -0.15) is 0 Å². The zero-order valence-electron chi connectivity index (χ0n) is 11.6. The van der Waals surface area contributed by atoms with Gasteiger partial charge in [-0.1, -0.05) is 19.1 Å². The van der Waals surface area contributed by atoms with Crippen LogP contribution >= 0.6 is 0 Å². The van der Waals surface area contributed by atoms with E-state index in [0.717, 1.165) is 38.3 Å². The first-order chi connectivity index (χ1) is 8.70. The summed E-state index contributed by atoms with van der Waals surface area (Å²) in [6.45, 7) is 5.07. The van der Waals surface area contributed by atoms with Crippen molar-refractivity contribution in [1.82, 2.24) is 4.90 Å². The third-order valence-corrected chi connectivity index (χ3v) is 3.92. The number of ether oxygens (including phenoxy) is 2. The van der Waals surface area contributed by atoms with Gasteiger partial charge in [0.2, 0.25) is 0 Å². The van der Waals surface area contributed by atoms with Crippen molar-refractivity contribution in [3.8, 4) is 5.75 Å². The fourth-order valence-corrected chi connectivity index (χ4v) is 2.57. The van der Waals surface area contributed by atoms with Gasteiger partial charge < -0.3 is 14.4 Å². The molecule has 0 aromatic heterocycles. The fourth-order valence-electron chi connectivity index (χ4n) is 2.57. The summed E-state index contributed by atoms with van der Waals surface area (Å²) in [6.07, 6.45) is 2.03. The molecule has 0 radical (unpaired) electrons. The van der Waals surface area contributed by atoms with Crippen LogP contribution in [0.3, 0.4) is 0 Å². The minimum Gasteiger partial charge on any atom is -0.497 e. The van der Waals surface area contributed by atoms with E-state index in [0.29, 0.717) is 0 Å². The molecular formula is C15H23NO2. The molecule has 2 rings (SSSR count). The molecular weight excluding hydrogens is 226 g/mol. The molecule has 1 aromatic rings. The first-order valence-electron chi connectivity index (χ1n) is 6.67. The van der Waals surface area contributed by atoms with Crippen LogP contribution in [0.4, 0.5) is 0 Å². The van der Waals surface area contributed by atoms with Gasteiger partial charge in [-0.05, 0) is 37.6 Å². The zero-order chi connectivity index (χ0) is 13.0. The highest BCUT2D eigenvalue weighted by atomic mass is 16.5. The highest BCUT2D eigenvalue weighted by Gasteiger charge is 2.33. The normalized spacial score (nSPS) is 25.7. The minimum absolute atomic E-state index is 0.153. The lowest BCUT2D eigenvalue weighted by Crippen LogP contribution is -2.29. The summed E-state index contributed by atoms with van der Waals surface area (Å²) < 4.78 is 11.5. The van der Waals surface area contributed by atoms with Crippen molar-refractivity contribution in [3.05, 3.63) is 29.8 Å². The Morgan fingerprint density at radius 3 is 2.94 bits per heavy atom. The van der Waals surface area contributed by atoms with Crippen LogP contribution in [0.2, 0.25) is 0 Å². The Kier molecular flexibility index (Phi) is 4.25. The van der Waals surface area contributed by atoms with Crippen LogP contribution < -0.4 is 4.74 Å². The predicted molar refractivity (Wildman–Crippen MR) is 73.0 cm³/mol. The van der Waals surface area contributed by atoms with Crippen LogP contribution in [-0.2, 0) is 10.3 Å². The summed E-state index contributed by atoms with van der Waals surface area (Å²) in [7, 11) is 3.86. The summed E-state index contributed by atoms with van der Waals surface area (Å²) in [6, 6.07) is 8.28. The topological polar surface area (TPSA) is 21.7 Å². The van der Waals surface area contributed by atoms with Crippen molar-refractivity contribution in [2.75, 3.05) is 33.9 Å². The van der Waals surface area contributed by atoms with E-state index in [9.17, 15) is 0 Å². The summed E-state index contributed by atoms with van der Waals surface area (Å²) >= 11 is 0. The number of methoxy groups -OCH3 is 1. The lowest BCUT2D eigenvalue weighted by Gasteiger charge is -2.32. The molecule has 18 heavy (non-hydrogen) atoms. The summed E-state index contributed by atoms with van der Waals surface area (Å²) in [5.74, 6) is 0.904. The number of hydrogen-bond donors (Lipinski definition) is 0. The molecule has 1 atom stereocenters. The Morgan fingerprint density at radius 1 is 1.39 bits per heavy atom. The van der Waals surface area contributed by atoms with E-state index in [4.69, 9.17) is 9.47 Å². The van der Waals surface area contributed by atoms with E-state index in [1.54, 1.807) is 7.11 Å². The molecule has 0 amide bonds. The van der Waals surface area contributed by atoms with E-state index in [1.807, 2.05) is 12.1 Å². The molecule has 1 aliphatic heterocycles. The average molecular weight is 249 g/mol.